The second kappa shape index (κ2) is 16.7. The lowest BCUT2D eigenvalue weighted by molar-refractivity contribution is 0.102. The number of allylic oxidation sites excluding steroid dienone is 2. The molecule has 0 spiro atoms. The van der Waals surface area contributed by atoms with E-state index in [1.165, 1.54) is 11.3 Å². The van der Waals surface area contributed by atoms with Crippen LogP contribution in [0, 0.1) is 19.3 Å². The number of rotatable bonds is 11. The molecule has 9 heteroatoms. The van der Waals surface area contributed by atoms with Crippen LogP contribution in [0.1, 0.15) is 42.7 Å². The molecule has 3 aromatic rings. The molecule has 0 unspecified atom stereocenters. The van der Waals surface area contributed by atoms with Crippen molar-refractivity contribution in [3.8, 4) is 34.4 Å². The van der Waals surface area contributed by atoms with Crippen LogP contribution in [0.2, 0.25) is 0 Å². The number of carbonyl (C=O) groups excluding carboxylic acids is 1. The SMILES string of the molecule is C#CCC.COC/C(C)=C/C=C\CCOc1nnc(NC(=O)c2cnc(C)cc2-c2ccccc2OC)s1. The van der Waals surface area contributed by atoms with Crippen molar-refractivity contribution < 1.29 is 19.0 Å². The molecule has 200 valence electrons. The highest BCUT2D eigenvalue weighted by atomic mass is 32.1. The van der Waals surface area contributed by atoms with Crippen molar-refractivity contribution in [2.45, 2.75) is 33.6 Å². The van der Waals surface area contributed by atoms with Crippen LogP contribution in [0.25, 0.3) is 11.1 Å². The van der Waals surface area contributed by atoms with E-state index < -0.39 is 0 Å². The lowest BCUT2D eigenvalue weighted by Crippen LogP contribution is -2.14. The highest BCUT2D eigenvalue weighted by Crippen LogP contribution is 2.33. The molecule has 1 amide bonds. The molecule has 0 fully saturated rings. The largest absolute Gasteiger partial charge is 0.496 e. The number of terminal acetylenes is 1. The fourth-order valence-corrected chi connectivity index (χ4v) is 3.75. The van der Waals surface area contributed by atoms with Gasteiger partial charge < -0.3 is 14.2 Å². The second-order valence-corrected chi connectivity index (χ2v) is 8.91. The number of methoxy groups -OCH3 is 2. The highest BCUT2D eigenvalue weighted by Gasteiger charge is 2.18. The van der Waals surface area contributed by atoms with Gasteiger partial charge in [-0.3, -0.25) is 15.1 Å². The minimum Gasteiger partial charge on any atom is -0.496 e. The number of hydrogen-bond acceptors (Lipinski definition) is 8. The van der Waals surface area contributed by atoms with Gasteiger partial charge in [0.2, 0.25) is 5.13 Å². The van der Waals surface area contributed by atoms with Gasteiger partial charge in [0.1, 0.15) is 5.75 Å². The first-order chi connectivity index (χ1) is 18.4. The Hall–Kier alpha value is -4.00. The summed E-state index contributed by atoms with van der Waals surface area (Å²) >= 11 is 1.17. The molecule has 0 saturated carbocycles. The number of para-hydroxylation sites is 1. The summed E-state index contributed by atoms with van der Waals surface area (Å²) in [6, 6.07) is 9.41. The fraction of sp³-hybridized carbons (Fsp3) is 0.310. The van der Waals surface area contributed by atoms with Gasteiger partial charge in [-0.2, -0.15) is 0 Å². The van der Waals surface area contributed by atoms with Gasteiger partial charge in [0.05, 0.1) is 25.9 Å². The van der Waals surface area contributed by atoms with Crippen LogP contribution in [0.15, 0.2) is 60.3 Å². The molecule has 38 heavy (non-hydrogen) atoms. The van der Waals surface area contributed by atoms with E-state index in [1.54, 1.807) is 20.4 Å². The number of benzene rings is 1. The van der Waals surface area contributed by atoms with Crippen molar-refractivity contribution in [2.75, 3.05) is 32.8 Å². The summed E-state index contributed by atoms with van der Waals surface area (Å²) in [5.41, 5.74) is 3.88. The predicted molar refractivity (Wildman–Crippen MR) is 153 cm³/mol. The Morgan fingerprint density at radius 3 is 2.68 bits per heavy atom. The normalized spacial score (nSPS) is 10.9. The van der Waals surface area contributed by atoms with Crippen LogP contribution in [-0.4, -0.2) is 48.5 Å². The molecule has 8 nitrogen and oxygen atoms in total. The molecule has 0 aliphatic heterocycles. The molecule has 1 N–H and O–H groups in total. The van der Waals surface area contributed by atoms with Crippen molar-refractivity contribution in [1.29, 1.82) is 0 Å². The van der Waals surface area contributed by atoms with Crippen molar-refractivity contribution in [3.63, 3.8) is 0 Å². The van der Waals surface area contributed by atoms with E-state index in [4.69, 9.17) is 20.6 Å². The smallest absolute Gasteiger partial charge is 0.295 e. The second-order valence-electron chi connectivity index (χ2n) is 7.97. The first-order valence-electron chi connectivity index (χ1n) is 12.1. The maximum atomic E-state index is 13.0. The Balaban J connectivity index is 0.00000118. The van der Waals surface area contributed by atoms with Gasteiger partial charge in [0.15, 0.2) is 0 Å². The number of amides is 1. The first-order valence-corrected chi connectivity index (χ1v) is 12.9. The highest BCUT2D eigenvalue weighted by molar-refractivity contribution is 7.17. The Bertz CT molecular complexity index is 1280. The number of ether oxygens (including phenoxy) is 3. The average Bonchev–Trinajstić information content (AvgIpc) is 3.37. The molecule has 0 saturated heterocycles. The summed E-state index contributed by atoms with van der Waals surface area (Å²) in [6.45, 7) is 6.89. The van der Waals surface area contributed by atoms with Gasteiger partial charge in [0.25, 0.3) is 11.1 Å². The van der Waals surface area contributed by atoms with Crippen LogP contribution in [0.5, 0.6) is 10.9 Å². The van der Waals surface area contributed by atoms with Gasteiger partial charge in [0, 0.05) is 36.5 Å². The van der Waals surface area contributed by atoms with Gasteiger partial charge in [-0.25, -0.2) is 0 Å². The van der Waals surface area contributed by atoms with Gasteiger partial charge in [-0.05, 0) is 49.3 Å². The summed E-state index contributed by atoms with van der Waals surface area (Å²) in [6.07, 6.45) is 13.9. The Kier molecular flexibility index (Phi) is 13.3. The molecular weight excluding hydrogens is 500 g/mol. The standard InChI is InChI=1S/C25H28N4O4S.C4H6/c1-17(16-31-3)10-6-5-9-13-33-25-29-28-24(34-25)27-23(30)21-15-26-18(2)14-20(21)19-11-7-8-12-22(19)32-4;1-3-4-2/h5-8,10-12,14-15H,9,13,16H2,1-4H3,(H,27,28,30);1H,4H2,2H3/b6-5-,17-10+;. The Morgan fingerprint density at radius 1 is 1.21 bits per heavy atom. The minimum atomic E-state index is -0.336. The third-order valence-electron chi connectivity index (χ3n) is 4.91. The van der Waals surface area contributed by atoms with Crippen LogP contribution in [0.3, 0.4) is 0 Å². The maximum absolute atomic E-state index is 13.0. The van der Waals surface area contributed by atoms with Crippen LogP contribution in [-0.2, 0) is 4.74 Å². The van der Waals surface area contributed by atoms with E-state index in [9.17, 15) is 4.79 Å². The predicted octanol–water partition coefficient (Wildman–Crippen LogP) is 6.12. The van der Waals surface area contributed by atoms with Gasteiger partial charge >= 0.3 is 0 Å². The zero-order chi connectivity index (χ0) is 27.8. The van der Waals surface area contributed by atoms with Crippen molar-refractivity contribution >= 4 is 22.4 Å². The molecule has 3 rings (SSSR count). The molecule has 0 aliphatic rings. The zero-order valence-electron chi connectivity index (χ0n) is 22.5. The number of aromatic nitrogens is 3. The topological polar surface area (TPSA) is 95.5 Å². The number of anilines is 1. The molecule has 0 radical (unpaired) electrons. The maximum Gasteiger partial charge on any atom is 0.295 e. The minimum absolute atomic E-state index is 0.336. The molecule has 0 atom stereocenters. The average molecular weight is 535 g/mol. The Labute approximate surface area is 228 Å². The number of pyridine rings is 1. The number of nitrogens with zero attached hydrogens (tertiary/aromatic N) is 3. The Morgan fingerprint density at radius 2 is 1.97 bits per heavy atom. The number of hydrogen-bond donors (Lipinski definition) is 1. The molecule has 2 aromatic heterocycles. The number of carbonyl (C=O) groups is 1. The molecule has 0 aliphatic carbocycles. The number of nitrogens with one attached hydrogen (secondary N) is 1. The van der Waals surface area contributed by atoms with E-state index >= 15 is 0 Å². The molecule has 0 bridgehead atoms. The summed E-state index contributed by atoms with van der Waals surface area (Å²) in [4.78, 5) is 17.3. The quantitative estimate of drug-likeness (QED) is 0.180. The van der Waals surface area contributed by atoms with Crippen molar-refractivity contribution in [3.05, 3.63) is 71.6 Å². The summed E-state index contributed by atoms with van der Waals surface area (Å²) in [5.74, 6) is 2.77. The third-order valence-corrected chi connectivity index (χ3v) is 5.66. The van der Waals surface area contributed by atoms with Crippen LogP contribution >= 0.6 is 11.3 Å². The molecule has 2 heterocycles. The van der Waals surface area contributed by atoms with Crippen molar-refractivity contribution in [2.24, 2.45) is 0 Å². The zero-order valence-corrected chi connectivity index (χ0v) is 23.3. The van der Waals surface area contributed by atoms with Gasteiger partial charge in [-0.15, -0.1) is 17.4 Å². The molecule has 1 aromatic carbocycles. The van der Waals surface area contributed by atoms with E-state index in [1.807, 2.05) is 69.3 Å². The summed E-state index contributed by atoms with van der Waals surface area (Å²) in [7, 11) is 3.27. The molecular formula is C29H34N4O4S. The van der Waals surface area contributed by atoms with Crippen LogP contribution < -0.4 is 14.8 Å². The van der Waals surface area contributed by atoms with E-state index in [-0.39, 0.29) is 5.91 Å². The first kappa shape index (κ1) is 30.2. The van der Waals surface area contributed by atoms with E-state index in [0.717, 1.165) is 35.2 Å². The summed E-state index contributed by atoms with van der Waals surface area (Å²) in [5, 5.41) is 11.5. The number of aryl methyl sites for hydroxylation is 1. The van der Waals surface area contributed by atoms with E-state index in [2.05, 4.69) is 26.4 Å². The summed E-state index contributed by atoms with van der Waals surface area (Å²) < 4.78 is 16.2. The monoisotopic (exact) mass is 534 g/mol. The fourth-order valence-electron chi connectivity index (χ4n) is 3.13. The third kappa shape index (κ3) is 9.81. The van der Waals surface area contributed by atoms with Crippen LogP contribution in [0.4, 0.5) is 5.13 Å². The lowest BCUT2D eigenvalue weighted by atomic mass is 9.99. The lowest BCUT2D eigenvalue weighted by Gasteiger charge is -2.13. The van der Waals surface area contributed by atoms with Crippen molar-refractivity contribution in [1.82, 2.24) is 15.2 Å². The van der Waals surface area contributed by atoms with E-state index in [0.29, 0.717) is 34.9 Å². The van der Waals surface area contributed by atoms with Gasteiger partial charge in [-0.1, -0.05) is 48.4 Å².